The number of aryl methyl sites for hydroxylation is 1. The second kappa shape index (κ2) is 8.76. The average molecular weight is 427 g/mol. The summed E-state index contributed by atoms with van der Waals surface area (Å²) in [5.74, 6) is 0.164. The molecule has 4 rings (SSSR count). The van der Waals surface area contributed by atoms with Crippen molar-refractivity contribution in [3.05, 3.63) is 62.7 Å². The van der Waals surface area contributed by atoms with Gasteiger partial charge >= 0.3 is 0 Å². The van der Waals surface area contributed by atoms with E-state index in [4.69, 9.17) is 0 Å². The van der Waals surface area contributed by atoms with Crippen molar-refractivity contribution in [2.75, 3.05) is 7.05 Å². The van der Waals surface area contributed by atoms with Crippen molar-refractivity contribution < 1.29 is 9.59 Å². The molecule has 0 radical (unpaired) electrons. The summed E-state index contributed by atoms with van der Waals surface area (Å²) in [6.07, 6.45) is 4.60. The van der Waals surface area contributed by atoms with Gasteiger partial charge in [-0.3, -0.25) is 9.59 Å². The Balaban J connectivity index is 1.42. The summed E-state index contributed by atoms with van der Waals surface area (Å²) in [4.78, 5) is 29.5. The van der Waals surface area contributed by atoms with Gasteiger partial charge in [-0.2, -0.15) is 0 Å². The van der Waals surface area contributed by atoms with Gasteiger partial charge in [-0.05, 0) is 54.8 Å². The highest BCUT2D eigenvalue weighted by Crippen LogP contribution is 2.43. The molecule has 0 spiro atoms. The second-order valence-electron chi connectivity index (χ2n) is 7.81. The molecular formula is C23H26N2O2S2. The lowest BCUT2D eigenvalue weighted by atomic mass is 9.83. The first-order valence-corrected chi connectivity index (χ1v) is 11.8. The van der Waals surface area contributed by atoms with Gasteiger partial charge in [-0.1, -0.05) is 30.3 Å². The number of carbonyl (C=O) groups is 2. The van der Waals surface area contributed by atoms with Gasteiger partial charge < -0.3 is 10.2 Å². The number of amides is 2. The summed E-state index contributed by atoms with van der Waals surface area (Å²) in [5, 5.41) is 5.45. The van der Waals surface area contributed by atoms with E-state index >= 15 is 0 Å². The molecule has 1 aromatic carbocycles. The van der Waals surface area contributed by atoms with Crippen LogP contribution < -0.4 is 5.32 Å². The first kappa shape index (κ1) is 20.2. The number of thioether (sulfide) groups is 1. The minimum Gasteiger partial charge on any atom is -0.351 e. The smallest absolute Gasteiger partial charge is 0.260 e. The number of fused-ring (bicyclic) bond motifs is 1. The summed E-state index contributed by atoms with van der Waals surface area (Å²) in [7, 11) is 1.89. The van der Waals surface area contributed by atoms with E-state index in [9.17, 15) is 9.59 Å². The van der Waals surface area contributed by atoms with Gasteiger partial charge in [-0.25, -0.2) is 0 Å². The maximum atomic E-state index is 13.0. The lowest BCUT2D eigenvalue weighted by Crippen LogP contribution is -2.52. The molecule has 1 aromatic heterocycles. The predicted octanol–water partition coefficient (Wildman–Crippen LogP) is 4.46. The van der Waals surface area contributed by atoms with Gasteiger partial charge in [0.2, 0.25) is 5.91 Å². The Bertz CT molecular complexity index is 923. The summed E-state index contributed by atoms with van der Waals surface area (Å²) < 4.78 is 0. The van der Waals surface area contributed by atoms with Crippen LogP contribution in [0.15, 0.2) is 46.7 Å². The predicted molar refractivity (Wildman–Crippen MR) is 121 cm³/mol. The fourth-order valence-electron chi connectivity index (χ4n) is 4.16. The number of likely N-dealkylation sites (N-methyl/N-ethyl adjacent to an activating group) is 1. The molecule has 3 atom stereocenters. The Morgan fingerprint density at radius 2 is 2.07 bits per heavy atom. The van der Waals surface area contributed by atoms with E-state index < -0.39 is 0 Å². The average Bonchev–Trinajstić information content (AvgIpc) is 3.25. The largest absolute Gasteiger partial charge is 0.351 e. The maximum Gasteiger partial charge on any atom is 0.260 e. The van der Waals surface area contributed by atoms with Gasteiger partial charge in [0.15, 0.2) is 0 Å². The van der Waals surface area contributed by atoms with Crippen LogP contribution in [0.25, 0.3) is 6.08 Å². The molecule has 29 heavy (non-hydrogen) atoms. The third-order valence-electron chi connectivity index (χ3n) is 5.92. The molecule has 2 amide bonds. The molecule has 3 unspecified atom stereocenters. The molecule has 2 heterocycles. The van der Waals surface area contributed by atoms with E-state index in [0.717, 1.165) is 29.7 Å². The molecule has 1 N–H and O–H groups in total. The summed E-state index contributed by atoms with van der Waals surface area (Å²) >= 11 is 3.35. The van der Waals surface area contributed by atoms with E-state index in [1.807, 2.05) is 47.7 Å². The Morgan fingerprint density at radius 3 is 2.83 bits per heavy atom. The van der Waals surface area contributed by atoms with Crippen molar-refractivity contribution in [1.29, 1.82) is 0 Å². The zero-order chi connectivity index (χ0) is 20.4. The molecule has 1 saturated carbocycles. The van der Waals surface area contributed by atoms with E-state index in [2.05, 4.69) is 24.4 Å². The Kier molecular flexibility index (Phi) is 6.11. The van der Waals surface area contributed by atoms with Crippen LogP contribution in [0.4, 0.5) is 0 Å². The number of carbonyl (C=O) groups excluding carboxylic acids is 2. The normalized spacial score (nSPS) is 25.7. The maximum absolute atomic E-state index is 13.0. The van der Waals surface area contributed by atoms with Crippen LogP contribution in [0.1, 0.15) is 35.3 Å². The minimum atomic E-state index is -0.0195. The topological polar surface area (TPSA) is 49.4 Å². The number of hydrogen-bond donors (Lipinski definition) is 1. The number of thiophene rings is 1. The fourth-order valence-corrected chi connectivity index (χ4v) is 6.27. The van der Waals surface area contributed by atoms with Crippen molar-refractivity contribution in [2.45, 2.75) is 44.0 Å². The molecule has 4 nitrogen and oxygen atoms in total. The van der Waals surface area contributed by atoms with E-state index in [0.29, 0.717) is 11.8 Å². The van der Waals surface area contributed by atoms with Crippen molar-refractivity contribution in [3.63, 3.8) is 0 Å². The third-order valence-corrected chi connectivity index (χ3v) is 8.20. The number of nitrogens with zero attached hydrogens (tertiary/aromatic N) is 1. The van der Waals surface area contributed by atoms with Gasteiger partial charge in [-0.15, -0.1) is 23.1 Å². The number of rotatable bonds is 4. The SMILES string of the molecule is Cc1ccccc1/C=C1\SC2CCC(C(=O)NCc3cccs3)CC2N(C)C1=O. The van der Waals surface area contributed by atoms with E-state index in [1.165, 1.54) is 10.4 Å². The molecule has 152 valence electrons. The fraction of sp³-hybridized carbons (Fsp3) is 0.391. The molecule has 2 aliphatic rings. The van der Waals surface area contributed by atoms with Crippen molar-refractivity contribution in [1.82, 2.24) is 10.2 Å². The lowest BCUT2D eigenvalue weighted by molar-refractivity contribution is -0.132. The monoisotopic (exact) mass is 426 g/mol. The zero-order valence-corrected chi connectivity index (χ0v) is 18.4. The van der Waals surface area contributed by atoms with Crippen molar-refractivity contribution in [3.8, 4) is 0 Å². The Hall–Kier alpha value is -2.05. The molecule has 0 bridgehead atoms. The van der Waals surface area contributed by atoms with Crippen LogP contribution in [0.2, 0.25) is 0 Å². The van der Waals surface area contributed by atoms with Crippen LogP contribution >= 0.6 is 23.1 Å². The number of nitrogens with one attached hydrogen (secondary N) is 1. The molecule has 1 aliphatic heterocycles. The number of hydrogen-bond acceptors (Lipinski definition) is 4. The molecule has 1 saturated heterocycles. The summed E-state index contributed by atoms with van der Waals surface area (Å²) in [5.41, 5.74) is 2.26. The van der Waals surface area contributed by atoms with Gasteiger partial charge in [0, 0.05) is 29.1 Å². The quantitative estimate of drug-likeness (QED) is 0.735. The molecule has 1 aliphatic carbocycles. The third kappa shape index (κ3) is 4.43. The van der Waals surface area contributed by atoms with Crippen LogP contribution in [0.5, 0.6) is 0 Å². The Morgan fingerprint density at radius 1 is 1.24 bits per heavy atom. The first-order valence-electron chi connectivity index (χ1n) is 10.0. The summed E-state index contributed by atoms with van der Waals surface area (Å²) in [6, 6.07) is 12.3. The lowest BCUT2D eigenvalue weighted by Gasteiger charge is -2.44. The van der Waals surface area contributed by atoms with E-state index in [-0.39, 0.29) is 23.8 Å². The molecule has 6 heteroatoms. The van der Waals surface area contributed by atoms with Gasteiger partial charge in [0.1, 0.15) is 0 Å². The van der Waals surface area contributed by atoms with Crippen LogP contribution in [-0.4, -0.2) is 35.1 Å². The number of benzene rings is 1. The molecular weight excluding hydrogens is 400 g/mol. The van der Waals surface area contributed by atoms with E-state index in [1.54, 1.807) is 23.1 Å². The molecule has 2 aromatic rings. The van der Waals surface area contributed by atoms with Crippen molar-refractivity contribution in [2.24, 2.45) is 5.92 Å². The van der Waals surface area contributed by atoms with Crippen LogP contribution in [-0.2, 0) is 16.1 Å². The van der Waals surface area contributed by atoms with Crippen LogP contribution in [0.3, 0.4) is 0 Å². The van der Waals surface area contributed by atoms with Gasteiger partial charge in [0.25, 0.3) is 5.91 Å². The highest BCUT2D eigenvalue weighted by molar-refractivity contribution is 8.04. The zero-order valence-electron chi connectivity index (χ0n) is 16.8. The Labute approximate surface area is 180 Å². The molecule has 2 fully saturated rings. The second-order valence-corrected chi connectivity index (χ2v) is 10.1. The van der Waals surface area contributed by atoms with Crippen molar-refractivity contribution >= 4 is 41.0 Å². The minimum absolute atomic E-state index is 0.0195. The highest BCUT2D eigenvalue weighted by atomic mass is 32.2. The first-order chi connectivity index (χ1) is 14.0. The van der Waals surface area contributed by atoms with Gasteiger partial charge in [0.05, 0.1) is 11.4 Å². The van der Waals surface area contributed by atoms with Crippen LogP contribution in [0, 0.1) is 12.8 Å². The summed E-state index contributed by atoms with van der Waals surface area (Å²) in [6.45, 7) is 2.66. The standard InChI is InChI=1S/C23H26N2O2S2/c1-15-6-3-4-7-16(15)13-21-23(27)25(2)19-12-17(9-10-20(19)29-21)22(26)24-14-18-8-5-11-28-18/h3-8,11,13,17,19-20H,9-10,12,14H2,1-2H3,(H,24,26)/b21-13-. The highest BCUT2D eigenvalue weighted by Gasteiger charge is 2.42.